The number of rotatable bonds is 2. The van der Waals surface area contributed by atoms with Gasteiger partial charge in [0.05, 0.1) is 24.2 Å². The number of methoxy groups -OCH3 is 1. The molecule has 0 spiro atoms. The largest absolute Gasteiger partial charge is 0.497 e. The quantitative estimate of drug-likeness (QED) is 0.617. The number of anilines is 1. The Hall–Kier alpha value is -2.66. The highest BCUT2D eigenvalue weighted by Crippen LogP contribution is 2.42. The zero-order chi connectivity index (χ0) is 18.5. The molecule has 0 bridgehead atoms. The van der Waals surface area contributed by atoms with Crippen molar-refractivity contribution in [2.45, 2.75) is 25.8 Å². The molecule has 0 amide bonds. The molecule has 0 fully saturated rings. The maximum atomic E-state index is 12.5. The lowest BCUT2D eigenvalue weighted by Gasteiger charge is -2.31. The smallest absolute Gasteiger partial charge is 0.339 e. The summed E-state index contributed by atoms with van der Waals surface area (Å²) in [6, 6.07) is 9.67. The van der Waals surface area contributed by atoms with Gasteiger partial charge in [0.1, 0.15) is 17.1 Å². The predicted molar refractivity (Wildman–Crippen MR) is 104 cm³/mol. The van der Waals surface area contributed by atoms with Gasteiger partial charge in [-0.05, 0) is 43.0 Å². The van der Waals surface area contributed by atoms with Crippen LogP contribution in [0.1, 0.15) is 23.1 Å². The average molecular weight is 384 g/mol. The van der Waals surface area contributed by atoms with Gasteiger partial charge >= 0.3 is 5.63 Å². The first-order valence-corrected chi connectivity index (χ1v) is 9.35. The van der Waals surface area contributed by atoms with Gasteiger partial charge in [0, 0.05) is 22.7 Å². The van der Waals surface area contributed by atoms with E-state index in [1.807, 2.05) is 30.3 Å². The van der Waals surface area contributed by atoms with E-state index in [0.717, 1.165) is 52.8 Å². The van der Waals surface area contributed by atoms with Crippen molar-refractivity contribution in [3.8, 4) is 11.5 Å². The number of hydrogen-bond acceptors (Lipinski definition) is 5. The molecule has 2 aromatic carbocycles. The first-order valence-electron chi connectivity index (χ1n) is 8.97. The van der Waals surface area contributed by atoms with Crippen molar-refractivity contribution in [1.82, 2.24) is 0 Å². The molecule has 0 saturated heterocycles. The molecule has 0 radical (unpaired) electrons. The fraction of sp³-hybridized carbons (Fsp3) is 0.286. The maximum absolute atomic E-state index is 12.5. The predicted octanol–water partition coefficient (Wildman–Crippen LogP) is 4.30. The van der Waals surface area contributed by atoms with Crippen LogP contribution in [-0.2, 0) is 19.4 Å². The molecule has 1 aliphatic carbocycles. The van der Waals surface area contributed by atoms with Gasteiger partial charge in [0.15, 0.2) is 6.73 Å². The molecule has 3 aromatic rings. The number of aryl methyl sites for hydroxylation is 1. The van der Waals surface area contributed by atoms with E-state index in [2.05, 4.69) is 4.90 Å². The Balaban J connectivity index is 1.67. The highest BCUT2D eigenvalue weighted by atomic mass is 35.5. The Morgan fingerprint density at radius 2 is 2.00 bits per heavy atom. The van der Waals surface area contributed by atoms with E-state index in [-0.39, 0.29) is 5.63 Å². The summed E-state index contributed by atoms with van der Waals surface area (Å²) in [5, 5.41) is 1.49. The Bertz CT molecular complexity index is 1120. The third-order valence-corrected chi connectivity index (χ3v) is 5.68. The summed E-state index contributed by atoms with van der Waals surface area (Å²) in [4.78, 5) is 14.5. The molecule has 0 atom stereocenters. The summed E-state index contributed by atoms with van der Waals surface area (Å²) >= 11 is 6.52. The normalized spacial score (nSPS) is 15.4. The Morgan fingerprint density at radius 3 is 2.85 bits per heavy atom. The van der Waals surface area contributed by atoms with Crippen LogP contribution in [0.4, 0.5) is 5.69 Å². The van der Waals surface area contributed by atoms with Crippen molar-refractivity contribution in [1.29, 1.82) is 0 Å². The monoisotopic (exact) mass is 383 g/mol. The van der Waals surface area contributed by atoms with E-state index < -0.39 is 0 Å². The van der Waals surface area contributed by atoms with Crippen LogP contribution in [0.2, 0.25) is 5.02 Å². The van der Waals surface area contributed by atoms with Crippen LogP contribution in [0, 0.1) is 0 Å². The van der Waals surface area contributed by atoms with Gasteiger partial charge in [-0.1, -0.05) is 17.7 Å². The van der Waals surface area contributed by atoms with Gasteiger partial charge in [-0.15, -0.1) is 0 Å². The van der Waals surface area contributed by atoms with E-state index in [4.69, 9.17) is 25.5 Å². The summed E-state index contributed by atoms with van der Waals surface area (Å²) in [6.07, 6.45) is 2.63. The second kappa shape index (κ2) is 6.20. The van der Waals surface area contributed by atoms with Crippen molar-refractivity contribution >= 4 is 28.3 Å². The molecule has 5 rings (SSSR count). The third kappa shape index (κ3) is 2.57. The number of fused-ring (bicyclic) bond motifs is 5. The van der Waals surface area contributed by atoms with Crippen LogP contribution in [0.5, 0.6) is 11.5 Å². The minimum Gasteiger partial charge on any atom is -0.497 e. The molecular weight excluding hydrogens is 366 g/mol. The first-order chi connectivity index (χ1) is 13.2. The lowest BCUT2D eigenvalue weighted by molar-refractivity contribution is 0.289. The molecule has 1 aliphatic heterocycles. The highest BCUT2D eigenvalue weighted by Gasteiger charge is 2.28. The van der Waals surface area contributed by atoms with E-state index >= 15 is 0 Å². The minimum atomic E-state index is -0.238. The fourth-order valence-electron chi connectivity index (χ4n) is 4.08. The topological polar surface area (TPSA) is 51.9 Å². The van der Waals surface area contributed by atoms with Crippen LogP contribution in [0.3, 0.4) is 0 Å². The molecule has 27 heavy (non-hydrogen) atoms. The van der Waals surface area contributed by atoms with Crippen LogP contribution < -0.4 is 20.0 Å². The zero-order valence-electron chi connectivity index (χ0n) is 14.9. The van der Waals surface area contributed by atoms with E-state index in [1.54, 1.807) is 7.11 Å². The second-order valence-corrected chi connectivity index (χ2v) is 7.32. The molecule has 0 unspecified atom stereocenters. The van der Waals surface area contributed by atoms with Gasteiger partial charge in [-0.2, -0.15) is 0 Å². The lowest BCUT2D eigenvalue weighted by atomic mass is 10.0. The molecule has 5 nitrogen and oxygen atoms in total. The number of nitrogens with zero attached hydrogens (tertiary/aromatic N) is 1. The van der Waals surface area contributed by atoms with Gasteiger partial charge in [-0.25, -0.2) is 4.79 Å². The van der Waals surface area contributed by atoms with Crippen LogP contribution in [0.25, 0.3) is 11.0 Å². The molecular formula is C21H18ClNO4. The standard InChI is InChI=1S/C21H18ClNO4/c1-25-13-5-2-4-12(8-13)23-10-17-19-16(9-18(22)20(17)26-11-23)14-6-3-7-15(14)21(24)27-19/h2,4-5,8-9H,3,6-7,10-11H2,1H3. The van der Waals surface area contributed by atoms with Crippen LogP contribution in [0.15, 0.2) is 39.5 Å². The molecule has 6 heteroatoms. The third-order valence-electron chi connectivity index (χ3n) is 5.40. The number of halogens is 1. The first kappa shape index (κ1) is 16.5. The molecule has 138 valence electrons. The maximum Gasteiger partial charge on any atom is 0.339 e. The summed E-state index contributed by atoms with van der Waals surface area (Å²) < 4.78 is 17.0. The summed E-state index contributed by atoms with van der Waals surface area (Å²) in [7, 11) is 1.64. The number of hydrogen-bond donors (Lipinski definition) is 0. The number of benzene rings is 2. The van der Waals surface area contributed by atoms with Crippen molar-refractivity contribution in [3.05, 3.63) is 62.5 Å². The molecule has 0 saturated carbocycles. The second-order valence-electron chi connectivity index (χ2n) is 6.92. The summed E-state index contributed by atoms with van der Waals surface area (Å²) in [5.41, 5.74) is 4.00. The van der Waals surface area contributed by atoms with E-state index in [9.17, 15) is 4.79 Å². The van der Waals surface area contributed by atoms with Gasteiger partial charge in [-0.3, -0.25) is 0 Å². The molecule has 1 aromatic heterocycles. The Morgan fingerprint density at radius 1 is 1.15 bits per heavy atom. The lowest BCUT2D eigenvalue weighted by Crippen LogP contribution is -2.32. The van der Waals surface area contributed by atoms with Gasteiger partial charge < -0.3 is 18.8 Å². The molecule has 2 heterocycles. The van der Waals surface area contributed by atoms with E-state index in [1.165, 1.54) is 0 Å². The highest BCUT2D eigenvalue weighted by molar-refractivity contribution is 6.33. The molecule has 0 N–H and O–H groups in total. The molecule has 2 aliphatic rings. The summed E-state index contributed by atoms with van der Waals surface area (Å²) in [5.74, 6) is 1.38. The fourth-order valence-corrected chi connectivity index (χ4v) is 4.36. The SMILES string of the molecule is COc1cccc(N2COc3c(Cl)cc4c5c(c(=O)oc4c3C2)CCC5)c1. The van der Waals surface area contributed by atoms with Crippen molar-refractivity contribution in [2.75, 3.05) is 18.7 Å². The van der Waals surface area contributed by atoms with Crippen LogP contribution >= 0.6 is 11.6 Å². The Kier molecular flexibility index (Phi) is 3.79. The van der Waals surface area contributed by atoms with Crippen molar-refractivity contribution < 1.29 is 13.9 Å². The zero-order valence-corrected chi connectivity index (χ0v) is 15.6. The Labute approximate surface area is 161 Å². The van der Waals surface area contributed by atoms with E-state index in [0.29, 0.717) is 29.6 Å². The number of ether oxygens (including phenoxy) is 2. The van der Waals surface area contributed by atoms with Crippen LogP contribution in [-0.4, -0.2) is 13.8 Å². The minimum absolute atomic E-state index is 0.238. The van der Waals surface area contributed by atoms with Gasteiger partial charge in [0.2, 0.25) is 0 Å². The average Bonchev–Trinajstić information content (AvgIpc) is 3.20. The van der Waals surface area contributed by atoms with Crippen molar-refractivity contribution in [3.63, 3.8) is 0 Å². The van der Waals surface area contributed by atoms with Gasteiger partial charge in [0.25, 0.3) is 0 Å². The van der Waals surface area contributed by atoms with Crippen molar-refractivity contribution in [2.24, 2.45) is 0 Å². The summed E-state index contributed by atoms with van der Waals surface area (Å²) in [6.45, 7) is 0.905.